The van der Waals surface area contributed by atoms with Gasteiger partial charge >= 0.3 is 0 Å². The van der Waals surface area contributed by atoms with Crippen molar-refractivity contribution in [1.82, 2.24) is 4.98 Å². The highest BCUT2D eigenvalue weighted by Gasteiger charge is 2.46. The summed E-state index contributed by atoms with van der Waals surface area (Å²) >= 11 is 0. The van der Waals surface area contributed by atoms with Crippen molar-refractivity contribution in [3.8, 4) is 0 Å². The fourth-order valence-corrected chi connectivity index (χ4v) is 4.29. The number of aromatic nitrogens is 1. The van der Waals surface area contributed by atoms with E-state index < -0.39 is 20.7 Å². The normalized spacial score (nSPS) is 29.4. The van der Waals surface area contributed by atoms with Crippen molar-refractivity contribution in [2.75, 3.05) is 6.26 Å². The molecular weight excluding hydrogens is 238 g/mol. The summed E-state index contributed by atoms with van der Waals surface area (Å²) in [6, 6.07) is 3.66. The van der Waals surface area contributed by atoms with Gasteiger partial charge in [-0.3, -0.25) is 4.98 Å². The predicted molar refractivity (Wildman–Crippen MR) is 65.4 cm³/mol. The van der Waals surface area contributed by atoms with Crippen molar-refractivity contribution < 1.29 is 13.5 Å². The number of rotatable bonds is 3. The van der Waals surface area contributed by atoms with Crippen molar-refractivity contribution in [3.63, 3.8) is 0 Å². The smallest absolute Gasteiger partial charge is 0.153 e. The molecule has 5 heteroatoms. The molecule has 0 spiro atoms. The van der Waals surface area contributed by atoms with Crippen LogP contribution in [0.3, 0.4) is 0 Å². The molecule has 1 aromatic rings. The summed E-state index contributed by atoms with van der Waals surface area (Å²) in [5, 5.41) is 9.89. The van der Waals surface area contributed by atoms with Crippen LogP contribution in [0.15, 0.2) is 24.5 Å². The lowest BCUT2D eigenvalue weighted by Crippen LogP contribution is -2.44. The Kier molecular flexibility index (Phi) is 3.23. The van der Waals surface area contributed by atoms with Crippen molar-refractivity contribution in [2.24, 2.45) is 0 Å². The number of nitrogens with zero attached hydrogens (tertiary/aromatic N) is 1. The zero-order chi connectivity index (χ0) is 12.5. The average Bonchev–Trinajstić information content (AvgIpc) is 2.61. The molecule has 1 aliphatic carbocycles. The molecule has 4 nitrogen and oxygen atoms in total. The molecule has 0 aromatic carbocycles. The molecule has 2 rings (SSSR count). The van der Waals surface area contributed by atoms with Crippen molar-refractivity contribution in [1.29, 1.82) is 0 Å². The highest BCUT2D eigenvalue weighted by atomic mass is 32.2. The number of pyridine rings is 1. The molecule has 0 amide bonds. The first kappa shape index (κ1) is 12.5. The van der Waals surface area contributed by atoms with Crippen LogP contribution in [0, 0.1) is 0 Å². The lowest BCUT2D eigenvalue weighted by molar-refractivity contribution is 0.0512. The molecule has 0 aliphatic heterocycles. The van der Waals surface area contributed by atoms with Crippen LogP contribution >= 0.6 is 0 Å². The molecule has 1 aromatic heterocycles. The van der Waals surface area contributed by atoms with E-state index in [2.05, 4.69) is 4.98 Å². The van der Waals surface area contributed by atoms with Gasteiger partial charge in [0, 0.05) is 25.1 Å². The van der Waals surface area contributed by atoms with Crippen LogP contribution in [0.4, 0.5) is 0 Å². The van der Waals surface area contributed by atoms with E-state index in [0.29, 0.717) is 19.3 Å². The van der Waals surface area contributed by atoms with Gasteiger partial charge in [-0.2, -0.15) is 0 Å². The maximum absolute atomic E-state index is 11.7. The van der Waals surface area contributed by atoms with E-state index in [1.807, 2.05) is 6.07 Å². The van der Waals surface area contributed by atoms with E-state index >= 15 is 0 Å². The van der Waals surface area contributed by atoms with Gasteiger partial charge in [-0.1, -0.05) is 6.07 Å². The molecule has 17 heavy (non-hydrogen) atoms. The van der Waals surface area contributed by atoms with E-state index in [4.69, 9.17) is 0 Å². The van der Waals surface area contributed by atoms with Gasteiger partial charge < -0.3 is 5.11 Å². The second-order valence-corrected chi connectivity index (χ2v) is 7.08. The Morgan fingerprint density at radius 2 is 2.35 bits per heavy atom. The molecule has 94 valence electrons. The first-order chi connectivity index (χ1) is 7.92. The van der Waals surface area contributed by atoms with Gasteiger partial charge in [-0.05, 0) is 30.9 Å². The molecule has 0 bridgehead atoms. The maximum Gasteiger partial charge on any atom is 0.153 e. The molecular formula is C12H17NO3S. The van der Waals surface area contributed by atoms with Gasteiger partial charge in [0.25, 0.3) is 0 Å². The second-order valence-electron chi connectivity index (χ2n) is 4.85. The summed E-state index contributed by atoms with van der Waals surface area (Å²) in [6.07, 6.45) is 6.76. The van der Waals surface area contributed by atoms with E-state index in [-0.39, 0.29) is 0 Å². The topological polar surface area (TPSA) is 67.3 Å². The number of hydrogen-bond acceptors (Lipinski definition) is 4. The largest absolute Gasteiger partial charge is 0.388 e. The fourth-order valence-electron chi connectivity index (χ4n) is 2.69. The Hall–Kier alpha value is -0.940. The van der Waals surface area contributed by atoms with Crippen LogP contribution in [0.1, 0.15) is 24.8 Å². The minimum Gasteiger partial charge on any atom is -0.388 e. The number of sulfone groups is 1. The highest BCUT2D eigenvalue weighted by Crippen LogP contribution is 2.37. The first-order valence-electron chi connectivity index (χ1n) is 5.72. The van der Waals surface area contributed by atoms with Crippen LogP contribution in [0.5, 0.6) is 0 Å². The second kappa shape index (κ2) is 4.38. The van der Waals surface area contributed by atoms with Crippen LogP contribution in [0.25, 0.3) is 0 Å². The third kappa shape index (κ3) is 2.66. The van der Waals surface area contributed by atoms with Gasteiger partial charge in [-0.25, -0.2) is 8.42 Å². The Balaban J connectivity index is 2.24. The summed E-state index contributed by atoms with van der Waals surface area (Å²) < 4.78 is 23.3. The van der Waals surface area contributed by atoms with Gasteiger partial charge in [0.15, 0.2) is 9.84 Å². The molecule has 1 fully saturated rings. The minimum atomic E-state index is -3.20. The number of hydrogen-bond donors (Lipinski definition) is 1. The van der Waals surface area contributed by atoms with Crippen LogP contribution < -0.4 is 0 Å². The predicted octanol–water partition coefficient (Wildman–Crippen LogP) is 0.952. The Bertz CT molecular complexity index is 486. The van der Waals surface area contributed by atoms with Gasteiger partial charge in [0.1, 0.15) is 0 Å². The third-order valence-corrected chi connectivity index (χ3v) is 5.13. The van der Waals surface area contributed by atoms with Crippen LogP contribution in [-0.2, 0) is 16.3 Å². The Morgan fingerprint density at radius 1 is 1.59 bits per heavy atom. The Labute approximate surface area is 102 Å². The molecule has 1 aliphatic rings. The zero-order valence-corrected chi connectivity index (χ0v) is 10.7. The lowest BCUT2D eigenvalue weighted by atomic mass is 9.93. The van der Waals surface area contributed by atoms with E-state index in [1.54, 1.807) is 18.5 Å². The first-order valence-corrected chi connectivity index (χ1v) is 7.67. The highest BCUT2D eigenvalue weighted by molar-refractivity contribution is 7.91. The van der Waals surface area contributed by atoms with Gasteiger partial charge in [0.2, 0.25) is 0 Å². The van der Waals surface area contributed by atoms with Crippen molar-refractivity contribution in [2.45, 2.75) is 36.5 Å². The van der Waals surface area contributed by atoms with E-state index in [0.717, 1.165) is 12.0 Å². The molecule has 0 saturated heterocycles. The monoisotopic (exact) mass is 255 g/mol. The van der Waals surface area contributed by atoms with E-state index in [1.165, 1.54) is 6.26 Å². The molecule has 1 N–H and O–H groups in total. The molecule has 0 radical (unpaired) electrons. The van der Waals surface area contributed by atoms with Crippen molar-refractivity contribution in [3.05, 3.63) is 30.1 Å². The third-order valence-electron chi connectivity index (χ3n) is 3.43. The summed E-state index contributed by atoms with van der Waals surface area (Å²) in [6.45, 7) is 0. The summed E-state index contributed by atoms with van der Waals surface area (Å²) in [4.78, 5) is 3.98. The molecule has 2 atom stereocenters. The van der Waals surface area contributed by atoms with Crippen LogP contribution in [0.2, 0.25) is 0 Å². The summed E-state index contributed by atoms with van der Waals surface area (Å²) in [5.41, 5.74) is -0.248. The van der Waals surface area contributed by atoms with E-state index in [9.17, 15) is 13.5 Å². The SMILES string of the molecule is CS(=O)(=O)C1CCCC1(O)Cc1cccnc1. The summed E-state index contributed by atoms with van der Waals surface area (Å²) in [7, 11) is -3.20. The van der Waals surface area contributed by atoms with Crippen LogP contribution in [-0.4, -0.2) is 35.6 Å². The fraction of sp³-hybridized carbons (Fsp3) is 0.583. The van der Waals surface area contributed by atoms with Gasteiger partial charge in [0.05, 0.1) is 10.9 Å². The van der Waals surface area contributed by atoms with Crippen molar-refractivity contribution >= 4 is 9.84 Å². The molecule has 2 unspecified atom stereocenters. The summed E-state index contributed by atoms with van der Waals surface area (Å²) in [5.74, 6) is 0. The standard InChI is InChI=1S/C12H17NO3S/c1-17(15,16)11-5-2-6-12(11,14)8-10-4-3-7-13-9-10/h3-4,7,9,11,14H,2,5-6,8H2,1H3. The molecule has 1 saturated carbocycles. The lowest BCUT2D eigenvalue weighted by Gasteiger charge is -2.28. The molecule has 1 heterocycles. The Morgan fingerprint density at radius 3 is 2.94 bits per heavy atom. The van der Waals surface area contributed by atoms with Gasteiger partial charge in [-0.15, -0.1) is 0 Å². The average molecular weight is 255 g/mol. The number of aliphatic hydroxyl groups is 1. The minimum absolute atomic E-state index is 0.360. The quantitative estimate of drug-likeness (QED) is 0.873. The zero-order valence-electron chi connectivity index (χ0n) is 9.83. The maximum atomic E-state index is 11.7.